The Kier molecular flexibility index (Phi) is 4.67. The minimum atomic E-state index is -1.19. The molecule has 0 saturated carbocycles. The van der Waals surface area contributed by atoms with E-state index in [0.29, 0.717) is 0 Å². The number of aromatic carboxylic acids is 1. The van der Waals surface area contributed by atoms with Crippen LogP contribution in [0.5, 0.6) is 0 Å². The molecule has 2 N–H and O–H groups in total. The summed E-state index contributed by atoms with van der Waals surface area (Å²) in [6.45, 7) is 1.89. The number of aromatic nitrogens is 3. The number of aryl methyl sites for hydroxylation is 1. The van der Waals surface area contributed by atoms with Crippen molar-refractivity contribution >= 4 is 24.0 Å². The zero-order chi connectivity index (χ0) is 16.1. The third-order valence-corrected chi connectivity index (χ3v) is 3.06. The highest BCUT2D eigenvalue weighted by Gasteiger charge is 2.18. The van der Waals surface area contributed by atoms with Crippen LogP contribution in [0.1, 0.15) is 27.3 Å². The Morgan fingerprint density at radius 3 is 2.55 bits per heavy atom. The topological polar surface area (TPSA) is 97.1 Å². The van der Waals surface area contributed by atoms with Crippen LogP contribution in [-0.2, 0) is 11.3 Å². The lowest BCUT2D eigenvalue weighted by molar-refractivity contribution is -0.121. The van der Waals surface area contributed by atoms with E-state index in [2.05, 4.69) is 15.6 Å². The van der Waals surface area contributed by atoms with Crippen molar-refractivity contribution in [3.05, 3.63) is 46.8 Å². The summed E-state index contributed by atoms with van der Waals surface area (Å²) < 4.78 is 1.26. The maximum absolute atomic E-state index is 11.5. The van der Waals surface area contributed by atoms with Gasteiger partial charge in [0, 0.05) is 7.05 Å². The first-order valence-corrected chi connectivity index (χ1v) is 6.63. The number of carbonyl (C=O) groups is 2. The summed E-state index contributed by atoms with van der Waals surface area (Å²) in [7, 11) is 1.50. The number of hydrogen-bond donors (Lipinski definition) is 2. The van der Waals surface area contributed by atoms with Crippen molar-refractivity contribution in [1.82, 2.24) is 20.3 Å². The zero-order valence-corrected chi connectivity index (χ0v) is 12.3. The minimum absolute atomic E-state index is 0.0929. The van der Waals surface area contributed by atoms with Crippen molar-refractivity contribution in [2.75, 3.05) is 7.05 Å². The van der Waals surface area contributed by atoms with Crippen molar-refractivity contribution in [3.8, 4) is 0 Å². The number of hydrogen-bond acceptors (Lipinski definition) is 4. The summed E-state index contributed by atoms with van der Waals surface area (Å²) in [4.78, 5) is 22.6. The molecule has 0 atom stereocenters. The van der Waals surface area contributed by atoms with E-state index in [4.69, 9.17) is 5.11 Å². The molecule has 7 nitrogen and oxygen atoms in total. The van der Waals surface area contributed by atoms with Gasteiger partial charge < -0.3 is 10.4 Å². The second-order valence-electron chi connectivity index (χ2n) is 4.70. The van der Waals surface area contributed by atoms with Gasteiger partial charge in [-0.05, 0) is 18.6 Å². The molecule has 7 heteroatoms. The van der Waals surface area contributed by atoms with Gasteiger partial charge >= 0.3 is 5.97 Å². The predicted octanol–water partition coefficient (Wildman–Crippen LogP) is 1.20. The number of amides is 1. The van der Waals surface area contributed by atoms with Crippen LogP contribution in [0.25, 0.3) is 12.2 Å². The van der Waals surface area contributed by atoms with Gasteiger partial charge in [0.15, 0.2) is 5.69 Å². The fourth-order valence-corrected chi connectivity index (χ4v) is 1.82. The maximum Gasteiger partial charge on any atom is 0.358 e. The summed E-state index contributed by atoms with van der Waals surface area (Å²) in [5, 5.41) is 19.0. The van der Waals surface area contributed by atoms with E-state index < -0.39 is 5.97 Å². The number of carboxylic acid groups (broad SMARTS) is 1. The van der Waals surface area contributed by atoms with Crippen LogP contribution in [0.15, 0.2) is 24.3 Å². The quantitative estimate of drug-likeness (QED) is 0.864. The minimum Gasteiger partial charge on any atom is -0.476 e. The molecular formula is C15H16N4O3. The molecule has 22 heavy (non-hydrogen) atoms. The number of likely N-dealkylation sites (N-methyl/N-ethyl adjacent to an activating group) is 1. The van der Waals surface area contributed by atoms with Gasteiger partial charge in [-0.25, -0.2) is 9.48 Å². The third-order valence-electron chi connectivity index (χ3n) is 3.06. The van der Waals surface area contributed by atoms with Gasteiger partial charge in [0.2, 0.25) is 5.91 Å². The molecule has 0 radical (unpaired) electrons. The number of rotatable bonds is 5. The summed E-state index contributed by atoms with van der Waals surface area (Å²) >= 11 is 0. The predicted molar refractivity (Wildman–Crippen MR) is 81.2 cm³/mol. The van der Waals surface area contributed by atoms with Crippen LogP contribution >= 0.6 is 0 Å². The molecular weight excluding hydrogens is 284 g/mol. The average Bonchev–Trinajstić information content (AvgIpc) is 2.89. The summed E-state index contributed by atoms with van der Waals surface area (Å²) in [6.07, 6.45) is 3.35. The van der Waals surface area contributed by atoms with Gasteiger partial charge in [0.05, 0.1) is 5.69 Å². The highest BCUT2D eigenvalue weighted by atomic mass is 16.4. The zero-order valence-electron chi connectivity index (χ0n) is 12.3. The molecule has 0 aliphatic rings. The highest BCUT2D eigenvalue weighted by molar-refractivity contribution is 5.90. The van der Waals surface area contributed by atoms with Crippen molar-refractivity contribution < 1.29 is 14.7 Å². The monoisotopic (exact) mass is 300 g/mol. The van der Waals surface area contributed by atoms with E-state index in [-0.39, 0.29) is 23.8 Å². The molecule has 0 fully saturated rings. The molecule has 0 aliphatic carbocycles. The van der Waals surface area contributed by atoms with Crippen LogP contribution < -0.4 is 5.32 Å². The summed E-state index contributed by atoms with van der Waals surface area (Å²) in [5.41, 5.74) is 2.13. The van der Waals surface area contributed by atoms with Gasteiger partial charge in [0.1, 0.15) is 6.54 Å². The second-order valence-corrected chi connectivity index (χ2v) is 4.70. The van der Waals surface area contributed by atoms with Crippen molar-refractivity contribution in [3.63, 3.8) is 0 Å². The smallest absolute Gasteiger partial charge is 0.358 e. The first kappa shape index (κ1) is 15.4. The van der Waals surface area contributed by atoms with Crippen LogP contribution in [-0.4, -0.2) is 39.0 Å². The first-order chi connectivity index (χ1) is 10.5. The third kappa shape index (κ3) is 3.57. The Hall–Kier alpha value is -2.96. The van der Waals surface area contributed by atoms with Crippen LogP contribution in [0, 0.1) is 6.92 Å². The Balaban J connectivity index is 2.34. The number of nitrogens with one attached hydrogen (secondary N) is 1. The normalized spacial score (nSPS) is 10.8. The molecule has 114 valence electrons. The van der Waals surface area contributed by atoms with E-state index in [1.807, 2.05) is 31.2 Å². The molecule has 0 aliphatic heterocycles. The van der Waals surface area contributed by atoms with Gasteiger partial charge in [-0.3, -0.25) is 4.79 Å². The molecule has 0 unspecified atom stereocenters. The summed E-state index contributed by atoms with van der Waals surface area (Å²) in [6, 6.07) is 7.74. The fourth-order valence-electron chi connectivity index (χ4n) is 1.82. The lowest BCUT2D eigenvalue weighted by Crippen LogP contribution is -2.24. The van der Waals surface area contributed by atoms with E-state index >= 15 is 0 Å². The molecule has 1 amide bonds. The average molecular weight is 300 g/mol. The van der Waals surface area contributed by atoms with Crippen molar-refractivity contribution in [1.29, 1.82) is 0 Å². The Bertz CT molecular complexity index is 717. The Morgan fingerprint density at radius 2 is 1.95 bits per heavy atom. The lowest BCUT2D eigenvalue weighted by atomic mass is 10.1. The molecule has 0 spiro atoms. The standard InChI is InChI=1S/C15H16N4O3/c1-10-3-5-11(6-4-10)7-8-12-14(15(21)22)17-18-19(12)9-13(20)16-2/h3-8H,9H2,1-2H3,(H,16,20)(H,21,22)/b8-7+. The SMILES string of the molecule is CNC(=O)Cn1nnc(C(=O)O)c1/C=C/c1ccc(C)cc1. The number of carbonyl (C=O) groups excluding carboxylic acids is 1. The summed E-state index contributed by atoms with van der Waals surface area (Å²) in [5.74, 6) is -1.47. The van der Waals surface area contributed by atoms with Crippen LogP contribution in [0.3, 0.4) is 0 Å². The molecule has 1 heterocycles. The lowest BCUT2D eigenvalue weighted by Gasteiger charge is -2.02. The molecule has 1 aromatic heterocycles. The number of carboxylic acids is 1. The van der Waals surface area contributed by atoms with E-state index in [9.17, 15) is 9.59 Å². The van der Waals surface area contributed by atoms with E-state index in [1.54, 1.807) is 12.2 Å². The van der Waals surface area contributed by atoms with E-state index in [1.165, 1.54) is 11.7 Å². The fraction of sp³-hybridized carbons (Fsp3) is 0.200. The molecule has 2 rings (SSSR count). The number of nitrogens with zero attached hydrogens (tertiary/aromatic N) is 3. The second kappa shape index (κ2) is 6.66. The first-order valence-electron chi connectivity index (χ1n) is 6.63. The largest absolute Gasteiger partial charge is 0.476 e. The Morgan fingerprint density at radius 1 is 1.27 bits per heavy atom. The molecule has 0 bridgehead atoms. The van der Waals surface area contributed by atoms with Gasteiger partial charge in [0.25, 0.3) is 0 Å². The van der Waals surface area contributed by atoms with Crippen LogP contribution in [0.2, 0.25) is 0 Å². The maximum atomic E-state index is 11.5. The molecule has 2 aromatic rings. The van der Waals surface area contributed by atoms with Crippen molar-refractivity contribution in [2.45, 2.75) is 13.5 Å². The Labute approximate surface area is 127 Å². The van der Waals surface area contributed by atoms with Gasteiger partial charge in [-0.1, -0.05) is 41.1 Å². The van der Waals surface area contributed by atoms with E-state index in [0.717, 1.165) is 11.1 Å². The molecule has 0 saturated heterocycles. The molecule has 1 aromatic carbocycles. The number of benzene rings is 1. The van der Waals surface area contributed by atoms with Gasteiger partial charge in [-0.15, -0.1) is 5.10 Å². The highest BCUT2D eigenvalue weighted by Crippen LogP contribution is 2.12. The van der Waals surface area contributed by atoms with Crippen molar-refractivity contribution in [2.24, 2.45) is 0 Å². The van der Waals surface area contributed by atoms with Gasteiger partial charge in [-0.2, -0.15) is 0 Å². The van der Waals surface area contributed by atoms with Crippen LogP contribution in [0.4, 0.5) is 0 Å².